The zero-order valence-corrected chi connectivity index (χ0v) is 19.7. The molecule has 0 saturated heterocycles. The summed E-state index contributed by atoms with van der Waals surface area (Å²) in [6, 6.07) is 14.7. The summed E-state index contributed by atoms with van der Waals surface area (Å²) in [5.41, 5.74) is 2.48. The van der Waals surface area contributed by atoms with Gasteiger partial charge in [0.15, 0.2) is 23.0 Å². The van der Waals surface area contributed by atoms with Crippen LogP contribution in [0, 0.1) is 0 Å². The van der Waals surface area contributed by atoms with Crippen molar-refractivity contribution >= 4 is 40.5 Å². The number of fused-ring (bicyclic) bond motifs is 1. The van der Waals surface area contributed by atoms with Crippen LogP contribution in [-0.4, -0.2) is 19.8 Å². The maximum atomic E-state index is 6.56. The van der Waals surface area contributed by atoms with Crippen LogP contribution in [0.1, 0.15) is 18.1 Å². The maximum Gasteiger partial charge on any atom is 0.163 e. The van der Waals surface area contributed by atoms with Crippen LogP contribution in [0.5, 0.6) is 23.0 Å². The molecule has 0 amide bonds. The van der Waals surface area contributed by atoms with Gasteiger partial charge in [-0.15, -0.1) is 0 Å². The molecule has 0 saturated carbocycles. The minimum atomic E-state index is 0.198. The number of nitrogens with one attached hydrogen (secondary N) is 1. The smallest absolute Gasteiger partial charge is 0.163 e. The summed E-state index contributed by atoms with van der Waals surface area (Å²) in [6.07, 6.45) is 0. The third kappa shape index (κ3) is 5.29. The maximum absolute atomic E-state index is 6.56. The van der Waals surface area contributed by atoms with Gasteiger partial charge in [0.2, 0.25) is 0 Å². The van der Waals surface area contributed by atoms with Gasteiger partial charge >= 0.3 is 0 Å². The number of hydrogen-bond donors (Lipinski definition) is 1. The van der Waals surface area contributed by atoms with Crippen LogP contribution < -0.4 is 24.3 Å². The highest BCUT2D eigenvalue weighted by atomic mass is 35.5. The summed E-state index contributed by atoms with van der Waals surface area (Å²) in [7, 11) is 0. The Bertz CT molecular complexity index is 1090. The number of ether oxygens (including phenoxy) is 4. The van der Waals surface area contributed by atoms with Crippen LogP contribution in [0.4, 0.5) is 5.69 Å². The summed E-state index contributed by atoms with van der Waals surface area (Å²) in [5, 5.41) is 5.00. The monoisotopic (exact) mass is 493 g/mol. The van der Waals surface area contributed by atoms with Crippen LogP contribution in [0.3, 0.4) is 0 Å². The van der Waals surface area contributed by atoms with Crippen molar-refractivity contribution < 1.29 is 18.9 Å². The van der Waals surface area contributed by atoms with E-state index in [1.807, 2.05) is 31.2 Å². The van der Waals surface area contributed by atoms with Crippen molar-refractivity contribution in [3.05, 3.63) is 74.7 Å². The Kier molecular flexibility index (Phi) is 7.40. The molecule has 1 aliphatic heterocycles. The Balaban J connectivity index is 1.49. The van der Waals surface area contributed by atoms with Crippen LogP contribution in [-0.2, 0) is 13.2 Å². The zero-order chi connectivity index (χ0) is 22.5. The average molecular weight is 495 g/mol. The Labute approximate surface area is 202 Å². The van der Waals surface area contributed by atoms with Gasteiger partial charge in [-0.2, -0.15) is 0 Å². The normalized spacial score (nSPS) is 12.4. The van der Waals surface area contributed by atoms with E-state index in [9.17, 15) is 0 Å². The van der Waals surface area contributed by atoms with E-state index >= 15 is 0 Å². The molecule has 0 bridgehead atoms. The third-order valence-electron chi connectivity index (χ3n) is 4.87. The second kappa shape index (κ2) is 10.4. The first-order valence-electron chi connectivity index (χ1n) is 10.2. The molecule has 1 aliphatic rings. The fourth-order valence-electron chi connectivity index (χ4n) is 3.26. The largest absolute Gasteiger partial charge is 0.490 e. The van der Waals surface area contributed by atoms with E-state index in [2.05, 4.69) is 5.32 Å². The minimum Gasteiger partial charge on any atom is -0.490 e. The third-order valence-corrected chi connectivity index (χ3v) is 5.93. The SMILES string of the molecule is CCOc1cc(CNc2ccc3c(c2)OCCO3)c(Cl)cc1OCc1c(Cl)cccc1Cl. The molecule has 168 valence electrons. The first-order chi connectivity index (χ1) is 15.5. The highest BCUT2D eigenvalue weighted by molar-refractivity contribution is 6.36. The Hall–Kier alpha value is -2.47. The molecule has 8 heteroatoms. The number of halogens is 3. The van der Waals surface area contributed by atoms with Crippen LogP contribution in [0.15, 0.2) is 48.5 Å². The molecule has 0 atom stereocenters. The van der Waals surface area contributed by atoms with Crippen molar-refractivity contribution in [2.45, 2.75) is 20.1 Å². The number of hydrogen-bond acceptors (Lipinski definition) is 5. The zero-order valence-electron chi connectivity index (χ0n) is 17.4. The summed E-state index contributed by atoms with van der Waals surface area (Å²) in [5.74, 6) is 2.60. The van der Waals surface area contributed by atoms with Gasteiger partial charge in [0.05, 0.1) is 6.61 Å². The van der Waals surface area contributed by atoms with Crippen LogP contribution in [0.2, 0.25) is 15.1 Å². The second-order valence-corrected chi connectivity index (χ2v) is 8.25. The molecule has 3 aromatic rings. The van der Waals surface area contributed by atoms with Crippen molar-refractivity contribution in [3.63, 3.8) is 0 Å². The molecule has 0 unspecified atom stereocenters. The van der Waals surface area contributed by atoms with E-state index in [1.165, 1.54) is 0 Å². The molecule has 0 aromatic heterocycles. The Morgan fingerprint density at radius 3 is 2.31 bits per heavy atom. The van der Waals surface area contributed by atoms with Gasteiger partial charge in [0.1, 0.15) is 19.8 Å². The Morgan fingerprint density at radius 2 is 1.56 bits per heavy atom. The molecule has 1 N–H and O–H groups in total. The van der Waals surface area contributed by atoms with Gasteiger partial charge in [-0.25, -0.2) is 0 Å². The lowest BCUT2D eigenvalue weighted by Crippen LogP contribution is -2.15. The lowest BCUT2D eigenvalue weighted by molar-refractivity contribution is 0.171. The summed E-state index contributed by atoms with van der Waals surface area (Å²) in [6.45, 7) is 4.20. The first kappa shape index (κ1) is 22.7. The van der Waals surface area contributed by atoms with E-state index < -0.39 is 0 Å². The molecule has 32 heavy (non-hydrogen) atoms. The van der Waals surface area contributed by atoms with Crippen molar-refractivity contribution in [2.75, 3.05) is 25.1 Å². The molecule has 0 aliphatic carbocycles. The molecule has 4 rings (SSSR count). The number of anilines is 1. The molecule has 5 nitrogen and oxygen atoms in total. The minimum absolute atomic E-state index is 0.198. The predicted octanol–water partition coefficient (Wildman–Crippen LogP) is 7.01. The van der Waals surface area contributed by atoms with Crippen LogP contribution in [0.25, 0.3) is 0 Å². The molecular weight excluding hydrogens is 473 g/mol. The predicted molar refractivity (Wildman–Crippen MR) is 128 cm³/mol. The van der Waals surface area contributed by atoms with Gasteiger partial charge in [-0.3, -0.25) is 0 Å². The van der Waals surface area contributed by atoms with Gasteiger partial charge in [0.25, 0.3) is 0 Å². The number of rotatable bonds is 8. The van der Waals surface area contributed by atoms with E-state index in [0.29, 0.717) is 58.5 Å². The first-order valence-corrected chi connectivity index (χ1v) is 11.3. The van der Waals surface area contributed by atoms with Crippen molar-refractivity contribution in [3.8, 4) is 23.0 Å². The Morgan fingerprint density at radius 1 is 0.844 bits per heavy atom. The van der Waals surface area contributed by atoms with Crippen LogP contribution >= 0.6 is 34.8 Å². The van der Waals surface area contributed by atoms with E-state index in [4.69, 9.17) is 53.8 Å². The molecule has 0 fully saturated rings. The molecule has 0 spiro atoms. The molecular formula is C24H22Cl3NO4. The van der Waals surface area contributed by atoms with Crippen molar-refractivity contribution in [2.24, 2.45) is 0 Å². The van der Waals surface area contributed by atoms with Crippen molar-refractivity contribution in [1.29, 1.82) is 0 Å². The van der Waals surface area contributed by atoms with E-state index in [-0.39, 0.29) is 6.61 Å². The highest BCUT2D eigenvalue weighted by Gasteiger charge is 2.15. The highest BCUT2D eigenvalue weighted by Crippen LogP contribution is 2.37. The topological polar surface area (TPSA) is 49.0 Å². The average Bonchev–Trinajstić information content (AvgIpc) is 2.79. The fraction of sp³-hybridized carbons (Fsp3) is 0.250. The van der Waals surface area contributed by atoms with E-state index in [0.717, 1.165) is 22.7 Å². The molecule has 3 aromatic carbocycles. The molecule has 0 radical (unpaired) electrons. The van der Waals surface area contributed by atoms with Gasteiger partial charge < -0.3 is 24.3 Å². The molecule has 1 heterocycles. The second-order valence-electron chi connectivity index (χ2n) is 7.02. The van der Waals surface area contributed by atoms with Gasteiger partial charge in [-0.05, 0) is 42.8 Å². The van der Waals surface area contributed by atoms with E-state index in [1.54, 1.807) is 24.3 Å². The van der Waals surface area contributed by atoms with Crippen molar-refractivity contribution in [1.82, 2.24) is 0 Å². The summed E-state index contributed by atoms with van der Waals surface area (Å²) in [4.78, 5) is 0. The lowest BCUT2D eigenvalue weighted by Gasteiger charge is -2.19. The summed E-state index contributed by atoms with van der Waals surface area (Å²) >= 11 is 19.1. The standard InChI is InChI=1S/C24H22Cl3NO4/c1-2-29-22-10-15(13-28-16-6-7-21-23(11-16)31-9-8-30-21)20(27)12-24(22)32-14-17-18(25)4-3-5-19(17)26/h3-7,10-12,28H,2,8-9,13-14H2,1H3. The fourth-order valence-corrected chi connectivity index (χ4v) is 3.99. The van der Waals surface area contributed by atoms with Gasteiger partial charge in [0, 0.05) is 45.0 Å². The summed E-state index contributed by atoms with van der Waals surface area (Å²) < 4.78 is 23.0. The van der Waals surface area contributed by atoms with Gasteiger partial charge in [-0.1, -0.05) is 40.9 Å². The number of benzene rings is 3. The lowest BCUT2D eigenvalue weighted by atomic mass is 10.1. The quantitative estimate of drug-likeness (QED) is 0.365.